The number of hydrogen-bond acceptors (Lipinski definition) is 12. The fourth-order valence-corrected chi connectivity index (χ4v) is 11.1. The number of benzene rings is 1. The van der Waals surface area contributed by atoms with E-state index >= 15 is 0 Å². The number of halogens is 3. The van der Waals surface area contributed by atoms with Crippen molar-refractivity contribution in [3.63, 3.8) is 0 Å². The quantitative estimate of drug-likeness (QED) is 0.163. The molecule has 4 atom stereocenters. The molecule has 21 heteroatoms. The molecule has 418 valence electrons. The van der Waals surface area contributed by atoms with Crippen LogP contribution in [0.3, 0.4) is 0 Å². The number of esters is 1. The molecule has 77 heavy (non-hydrogen) atoms. The first-order valence-electron chi connectivity index (χ1n) is 26.6. The van der Waals surface area contributed by atoms with E-state index in [4.69, 9.17) is 23.9 Å². The molecule has 2 N–H and O–H groups in total. The third-order valence-corrected chi connectivity index (χ3v) is 14.9. The van der Waals surface area contributed by atoms with E-state index < -0.39 is 83.4 Å². The topological polar surface area (TPSA) is 190 Å². The van der Waals surface area contributed by atoms with Gasteiger partial charge in [0.15, 0.2) is 0 Å². The van der Waals surface area contributed by atoms with E-state index in [1.807, 2.05) is 54.5 Å². The van der Waals surface area contributed by atoms with Crippen LogP contribution >= 0.6 is 0 Å². The first-order valence-corrected chi connectivity index (χ1v) is 26.6. The molecular formula is C56H74F3N9O9. The summed E-state index contributed by atoms with van der Waals surface area (Å²) in [7, 11) is 3.08. The SMILES string of the molecule is CO[C@@H](C)c1ncccc1-c1c2c3cc(ccc3n1CC(F)(F)F)-c1cccc(n1)C[C@H](NC(=O)[C@H](C(C)C)N(C)C(=O)N1CCC3(CC1)CN(C(=O)OC(C)(C)C)CCO3)C(=O)N1CCC[C@H](N1)C(=O)OCC(C)(C)C2. The number of ether oxygens (including phenoxy) is 4. The van der Waals surface area contributed by atoms with Crippen molar-refractivity contribution in [3.8, 4) is 22.5 Å². The first-order chi connectivity index (χ1) is 36.3. The Labute approximate surface area is 448 Å². The number of likely N-dealkylation sites (N-methyl/N-ethyl adjacent to an activating group) is 1. The van der Waals surface area contributed by atoms with Gasteiger partial charge in [-0.1, -0.05) is 39.8 Å². The number of piperidine rings is 1. The number of hydrogen-bond donors (Lipinski definition) is 2. The van der Waals surface area contributed by atoms with Crippen LogP contribution in [-0.2, 0) is 52.7 Å². The number of pyridine rings is 2. The lowest BCUT2D eigenvalue weighted by Crippen LogP contribution is -2.63. The van der Waals surface area contributed by atoms with Crippen LogP contribution in [0.1, 0.15) is 104 Å². The summed E-state index contributed by atoms with van der Waals surface area (Å²) in [6, 6.07) is 10.3. The summed E-state index contributed by atoms with van der Waals surface area (Å²) >= 11 is 0. The zero-order valence-corrected chi connectivity index (χ0v) is 45.9. The Kier molecular flexibility index (Phi) is 16.7. The molecular weight excluding hydrogens is 1000 g/mol. The monoisotopic (exact) mass is 1070 g/mol. The summed E-state index contributed by atoms with van der Waals surface area (Å²) < 4.78 is 69.1. The maximum atomic E-state index is 14.8. The zero-order chi connectivity index (χ0) is 55.8. The molecule has 6 bridgehead atoms. The van der Waals surface area contributed by atoms with Crippen LogP contribution in [0.15, 0.2) is 54.7 Å². The Morgan fingerprint density at radius 2 is 1.73 bits per heavy atom. The number of amides is 5. The summed E-state index contributed by atoms with van der Waals surface area (Å²) in [6.45, 7) is 15.1. The van der Waals surface area contributed by atoms with Crippen molar-refractivity contribution in [1.82, 2.24) is 45.0 Å². The number of methoxy groups -OCH3 is 1. The van der Waals surface area contributed by atoms with Gasteiger partial charge in [0.25, 0.3) is 5.91 Å². The summed E-state index contributed by atoms with van der Waals surface area (Å²) in [6.07, 6.45) is -2.22. The van der Waals surface area contributed by atoms with Crippen LogP contribution in [0.2, 0.25) is 0 Å². The number of carbonyl (C=O) groups is 5. The molecule has 1 aromatic carbocycles. The van der Waals surface area contributed by atoms with E-state index in [0.29, 0.717) is 109 Å². The van der Waals surface area contributed by atoms with Crippen molar-refractivity contribution in [1.29, 1.82) is 0 Å². The molecule has 3 saturated heterocycles. The fourth-order valence-electron chi connectivity index (χ4n) is 11.1. The highest BCUT2D eigenvalue weighted by Crippen LogP contribution is 2.43. The number of urea groups is 1. The van der Waals surface area contributed by atoms with Crippen LogP contribution in [0.5, 0.6) is 0 Å². The van der Waals surface area contributed by atoms with Gasteiger partial charge < -0.3 is 43.5 Å². The Balaban J connectivity index is 1.12. The molecule has 7 heterocycles. The number of hydrazine groups is 1. The molecule has 0 radical (unpaired) electrons. The number of aromatic nitrogens is 3. The molecule has 5 amide bonds. The van der Waals surface area contributed by atoms with Gasteiger partial charge in [-0.25, -0.2) is 15.0 Å². The average molecular weight is 1070 g/mol. The van der Waals surface area contributed by atoms with Crippen molar-refractivity contribution in [2.75, 3.05) is 60.1 Å². The second-order valence-corrected chi connectivity index (χ2v) is 23.1. The Morgan fingerprint density at radius 1 is 0.987 bits per heavy atom. The third-order valence-electron chi connectivity index (χ3n) is 14.9. The molecule has 3 fully saturated rings. The predicted molar refractivity (Wildman–Crippen MR) is 281 cm³/mol. The molecule has 18 nitrogen and oxygen atoms in total. The molecule has 4 aliphatic rings. The Morgan fingerprint density at radius 3 is 2.42 bits per heavy atom. The molecule has 3 aromatic heterocycles. The molecule has 1 spiro atoms. The molecule has 0 aliphatic carbocycles. The molecule has 0 unspecified atom stereocenters. The van der Waals surface area contributed by atoms with E-state index in [-0.39, 0.29) is 32.0 Å². The Bertz CT molecular complexity index is 2840. The highest BCUT2D eigenvalue weighted by Gasteiger charge is 2.45. The van der Waals surface area contributed by atoms with Gasteiger partial charge in [-0.2, -0.15) is 13.2 Å². The highest BCUT2D eigenvalue weighted by atomic mass is 19.4. The third kappa shape index (κ3) is 13.0. The van der Waals surface area contributed by atoms with Crippen LogP contribution in [0.4, 0.5) is 22.8 Å². The number of nitrogens with one attached hydrogen (secondary N) is 2. The number of carbonyl (C=O) groups excluding carboxylic acids is 5. The van der Waals surface area contributed by atoms with E-state index in [1.54, 1.807) is 72.4 Å². The van der Waals surface area contributed by atoms with Gasteiger partial charge in [-0.15, -0.1) is 0 Å². The van der Waals surface area contributed by atoms with E-state index in [1.165, 1.54) is 21.6 Å². The predicted octanol–water partition coefficient (Wildman–Crippen LogP) is 7.86. The van der Waals surface area contributed by atoms with Gasteiger partial charge in [0, 0.05) is 86.1 Å². The van der Waals surface area contributed by atoms with E-state index in [0.717, 1.165) is 0 Å². The van der Waals surface area contributed by atoms with Crippen molar-refractivity contribution in [2.24, 2.45) is 11.3 Å². The minimum Gasteiger partial charge on any atom is -0.464 e. The lowest BCUT2D eigenvalue weighted by molar-refractivity contribution is -0.155. The molecule has 4 aliphatic heterocycles. The molecule has 4 aromatic rings. The van der Waals surface area contributed by atoms with E-state index in [9.17, 15) is 37.1 Å². The van der Waals surface area contributed by atoms with Crippen molar-refractivity contribution in [3.05, 3.63) is 71.7 Å². The van der Waals surface area contributed by atoms with Gasteiger partial charge in [0.2, 0.25) is 5.91 Å². The fraction of sp³-hybridized carbons (Fsp3) is 0.589. The number of likely N-dealkylation sites (tertiary alicyclic amines) is 1. The van der Waals surface area contributed by atoms with Crippen LogP contribution in [-0.4, -0.2) is 160 Å². The minimum absolute atomic E-state index is 0.0992. The standard InChI is InChI=1S/C56H74F3N9O9/c1-34(2)46(64(9)51(72)65-24-20-55(21-25-65)31-66(26-27-76-55)52(73)77-53(4,5)6)48(69)62-43-29-37-14-11-16-41(61-37)36-18-19-44-39(28-36)40(30-54(7,8)33-75-50(71)42-17-13-23-68(63-42)49(43)70)47(67(44)32-56(57,58)59)38-15-12-22-60-45(38)35(3)74-10/h11-12,14-16,18-19,22,28,34-35,42-43,46,63H,13,17,20-21,23-27,29-33H2,1-10H3,(H,62,69)/t35-,42-,43-,46-/m0/s1. The van der Waals surface area contributed by atoms with Gasteiger partial charge >= 0.3 is 24.3 Å². The van der Waals surface area contributed by atoms with Gasteiger partial charge in [-0.05, 0) is 108 Å². The summed E-state index contributed by atoms with van der Waals surface area (Å²) in [5.74, 6) is -2.13. The van der Waals surface area contributed by atoms with Crippen molar-refractivity contribution in [2.45, 2.75) is 142 Å². The number of rotatable bonds is 8. The highest BCUT2D eigenvalue weighted by molar-refractivity contribution is 5.95. The zero-order valence-electron chi connectivity index (χ0n) is 45.9. The molecule has 0 saturated carbocycles. The minimum atomic E-state index is -4.61. The Hall–Kier alpha value is -6.32. The normalized spacial score (nSPS) is 21.1. The van der Waals surface area contributed by atoms with Gasteiger partial charge in [-0.3, -0.25) is 29.4 Å². The second-order valence-electron chi connectivity index (χ2n) is 23.1. The number of morpholine rings is 1. The van der Waals surface area contributed by atoms with Crippen LogP contribution in [0.25, 0.3) is 33.4 Å². The van der Waals surface area contributed by atoms with Gasteiger partial charge in [0.1, 0.15) is 30.3 Å². The lowest BCUT2D eigenvalue weighted by atomic mass is 9.84. The maximum Gasteiger partial charge on any atom is 0.410 e. The summed E-state index contributed by atoms with van der Waals surface area (Å²) in [5, 5.41) is 4.85. The maximum absolute atomic E-state index is 14.8. The van der Waals surface area contributed by atoms with Crippen molar-refractivity contribution >= 4 is 40.8 Å². The van der Waals surface area contributed by atoms with Gasteiger partial charge in [0.05, 0.1) is 48.5 Å². The molecule has 8 rings (SSSR count). The summed E-state index contributed by atoms with van der Waals surface area (Å²) in [4.78, 5) is 85.2. The number of cyclic esters (lactones) is 1. The largest absolute Gasteiger partial charge is 0.464 e. The number of alkyl halides is 3. The van der Waals surface area contributed by atoms with Crippen LogP contribution < -0.4 is 10.7 Å². The smallest absolute Gasteiger partial charge is 0.410 e. The average Bonchev–Trinajstić information content (AvgIpc) is 3.73. The van der Waals surface area contributed by atoms with E-state index in [2.05, 4.69) is 15.7 Å². The number of nitrogens with zero attached hydrogens (tertiary/aromatic N) is 7. The number of fused-ring (bicyclic) bond motifs is 6. The summed E-state index contributed by atoms with van der Waals surface area (Å²) in [5.41, 5.74) is 4.57. The van der Waals surface area contributed by atoms with Crippen LogP contribution in [0, 0.1) is 11.3 Å². The first kappa shape index (κ1) is 56.9. The second kappa shape index (κ2) is 22.6. The lowest BCUT2D eigenvalue weighted by Gasteiger charge is -2.47. The van der Waals surface area contributed by atoms with Crippen molar-refractivity contribution < 1.29 is 56.1 Å².